The second-order valence-corrected chi connectivity index (χ2v) is 5.19. The summed E-state index contributed by atoms with van der Waals surface area (Å²) in [5, 5.41) is 21.0. The fraction of sp³-hybridized carbons (Fsp3) is 0.200. The number of hydrogen-bond acceptors (Lipinski definition) is 6. The van der Waals surface area contributed by atoms with Crippen molar-refractivity contribution in [1.29, 1.82) is 0 Å². The molecule has 0 saturated heterocycles. The minimum atomic E-state index is -4.12. The average molecular weight is 271 g/mol. The van der Waals surface area contributed by atoms with Crippen LogP contribution in [0.5, 0.6) is 0 Å². The van der Waals surface area contributed by atoms with Gasteiger partial charge in [0.25, 0.3) is 0 Å². The minimum Gasteiger partial charge on any atom is -0.548 e. The molecule has 18 heavy (non-hydrogen) atoms. The van der Waals surface area contributed by atoms with Crippen LogP contribution in [-0.4, -0.2) is 26.4 Å². The number of aliphatic carboxylic acids is 1. The van der Waals surface area contributed by atoms with Crippen molar-refractivity contribution in [2.24, 2.45) is 0 Å². The van der Waals surface area contributed by atoms with E-state index in [1.165, 1.54) is 6.07 Å². The van der Waals surface area contributed by atoms with Crippen LogP contribution < -0.4 is 14.9 Å². The van der Waals surface area contributed by atoms with E-state index >= 15 is 0 Å². The molecular formula is C10H9NO6S-2. The summed E-state index contributed by atoms with van der Waals surface area (Å²) < 4.78 is 25.2. The summed E-state index contributed by atoms with van der Waals surface area (Å²) in [4.78, 5) is 20.7. The van der Waals surface area contributed by atoms with Crippen molar-refractivity contribution in [2.45, 2.75) is 17.9 Å². The average Bonchev–Trinajstić information content (AvgIpc) is 2.28. The molecule has 1 atom stereocenters. The molecule has 1 rings (SSSR count). The summed E-state index contributed by atoms with van der Waals surface area (Å²) in [6.07, 6.45) is 0. The van der Waals surface area contributed by atoms with E-state index in [1.807, 2.05) is 4.72 Å². The van der Waals surface area contributed by atoms with E-state index < -0.39 is 28.0 Å². The van der Waals surface area contributed by atoms with Gasteiger partial charge in [0.2, 0.25) is 10.0 Å². The second kappa shape index (κ2) is 5.15. The molecule has 0 amide bonds. The molecule has 0 fully saturated rings. The topological polar surface area (TPSA) is 126 Å². The van der Waals surface area contributed by atoms with Crippen molar-refractivity contribution >= 4 is 22.0 Å². The number of carboxylic acid groups (broad SMARTS) is 2. The van der Waals surface area contributed by atoms with E-state index in [1.54, 1.807) is 0 Å². The van der Waals surface area contributed by atoms with Crippen molar-refractivity contribution < 1.29 is 28.2 Å². The lowest BCUT2D eigenvalue weighted by atomic mass is 10.2. The first-order chi connectivity index (χ1) is 8.24. The van der Waals surface area contributed by atoms with Gasteiger partial charge in [0, 0.05) is 0 Å². The Balaban J connectivity index is 3.09. The molecule has 1 N–H and O–H groups in total. The lowest BCUT2D eigenvalue weighted by molar-refractivity contribution is -0.307. The predicted molar refractivity (Wildman–Crippen MR) is 55.6 cm³/mol. The maximum atomic E-state index is 11.7. The van der Waals surface area contributed by atoms with Crippen LogP contribution in [0.4, 0.5) is 0 Å². The van der Waals surface area contributed by atoms with Gasteiger partial charge in [-0.15, -0.1) is 0 Å². The van der Waals surface area contributed by atoms with E-state index in [4.69, 9.17) is 0 Å². The molecule has 0 aromatic heterocycles. The van der Waals surface area contributed by atoms with Gasteiger partial charge in [-0.25, -0.2) is 13.1 Å². The van der Waals surface area contributed by atoms with Gasteiger partial charge in [0.05, 0.1) is 22.9 Å². The SMILES string of the molecule is C[C@H](NS(=O)(=O)c1cccc(C(=O)[O-])c1)C(=O)[O-]. The molecular weight excluding hydrogens is 262 g/mol. The highest BCUT2D eigenvalue weighted by atomic mass is 32.2. The van der Waals surface area contributed by atoms with Gasteiger partial charge in [-0.05, 0) is 24.6 Å². The van der Waals surface area contributed by atoms with Gasteiger partial charge in [-0.3, -0.25) is 0 Å². The molecule has 1 aromatic carbocycles. The van der Waals surface area contributed by atoms with Crippen molar-refractivity contribution in [3.8, 4) is 0 Å². The number of carboxylic acids is 2. The monoisotopic (exact) mass is 271 g/mol. The fourth-order valence-electron chi connectivity index (χ4n) is 1.14. The molecule has 8 heteroatoms. The van der Waals surface area contributed by atoms with Crippen molar-refractivity contribution in [3.05, 3.63) is 29.8 Å². The quantitative estimate of drug-likeness (QED) is 0.629. The highest BCUT2D eigenvalue weighted by Gasteiger charge is 2.18. The van der Waals surface area contributed by atoms with Crippen molar-refractivity contribution in [1.82, 2.24) is 4.72 Å². The van der Waals surface area contributed by atoms with Gasteiger partial charge in [0.1, 0.15) is 0 Å². The van der Waals surface area contributed by atoms with E-state index in [2.05, 4.69) is 0 Å². The lowest BCUT2D eigenvalue weighted by Gasteiger charge is -2.15. The Morgan fingerprint density at radius 3 is 2.39 bits per heavy atom. The largest absolute Gasteiger partial charge is 0.548 e. The number of nitrogens with one attached hydrogen (secondary N) is 1. The predicted octanol–water partition coefficient (Wildman–Crippen LogP) is -2.53. The third-order valence-electron chi connectivity index (χ3n) is 2.07. The standard InChI is InChI=1S/C10H11NO6S/c1-6(9(12)13)11-18(16,17)8-4-2-3-7(5-8)10(14)15/h2-6,11H,1H3,(H,12,13)(H,14,15)/p-2/t6-/m0/s1. The molecule has 0 radical (unpaired) electrons. The molecule has 0 aliphatic rings. The first-order valence-electron chi connectivity index (χ1n) is 4.78. The summed E-state index contributed by atoms with van der Waals surface area (Å²) in [6.45, 7) is 1.09. The zero-order chi connectivity index (χ0) is 13.9. The molecule has 0 spiro atoms. The minimum absolute atomic E-state index is 0.320. The lowest BCUT2D eigenvalue weighted by Crippen LogP contribution is -2.45. The van der Waals surface area contributed by atoms with Crippen LogP contribution >= 0.6 is 0 Å². The molecule has 0 saturated carbocycles. The Labute approximate surface area is 103 Å². The van der Waals surface area contributed by atoms with Crippen molar-refractivity contribution in [2.75, 3.05) is 0 Å². The first kappa shape index (κ1) is 14.1. The first-order valence-corrected chi connectivity index (χ1v) is 6.27. The number of aromatic carboxylic acids is 1. The highest BCUT2D eigenvalue weighted by Crippen LogP contribution is 2.11. The van der Waals surface area contributed by atoms with Crippen molar-refractivity contribution in [3.63, 3.8) is 0 Å². The number of benzene rings is 1. The van der Waals surface area contributed by atoms with Crippen LogP contribution in [-0.2, 0) is 14.8 Å². The number of hydrogen-bond donors (Lipinski definition) is 1. The summed E-state index contributed by atoms with van der Waals surface area (Å²) in [7, 11) is -4.12. The van der Waals surface area contributed by atoms with Gasteiger partial charge < -0.3 is 19.8 Å². The molecule has 7 nitrogen and oxygen atoms in total. The Morgan fingerprint density at radius 1 is 1.28 bits per heavy atom. The van der Waals surface area contributed by atoms with Crippen LogP contribution in [0.25, 0.3) is 0 Å². The molecule has 1 aromatic rings. The summed E-state index contributed by atoms with van der Waals surface area (Å²) in [6, 6.07) is 2.96. The Morgan fingerprint density at radius 2 is 1.89 bits per heavy atom. The van der Waals surface area contributed by atoms with E-state index in [-0.39, 0.29) is 10.5 Å². The van der Waals surface area contributed by atoms with Crippen LogP contribution in [0.1, 0.15) is 17.3 Å². The summed E-state index contributed by atoms with van der Waals surface area (Å²) in [5.74, 6) is -3.12. The van der Waals surface area contributed by atoms with E-state index in [0.717, 1.165) is 25.1 Å². The molecule has 0 aliphatic heterocycles. The number of carbonyl (C=O) groups excluding carboxylic acids is 2. The number of carbonyl (C=O) groups is 2. The van der Waals surface area contributed by atoms with E-state index in [9.17, 15) is 28.2 Å². The Bertz CT molecular complexity index is 580. The van der Waals surface area contributed by atoms with E-state index in [0.29, 0.717) is 0 Å². The number of sulfonamides is 1. The number of rotatable bonds is 5. The van der Waals surface area contributed by atoms with Crippen LogP contribution in [0, 0.1) is 0 Å². The second-order valence-electron chi connectivity index (χ2n) is 3.48. The van der Waals surface area contributed by atoms with Gasteiger partial charge in [0.15, 0.2) is 0 Å². The molecule has 0 heterocycles. The molecule has 0 aliphatic carbocycles. The molecule has 98 valence electrons. The molecule has 0 bridgehead atoms. The summed E-state index contributed by atoms with van der Waals surface area (Å²) in [5.41, 5.74) is -0.320. The van der Waals surface area contributed by atoms with Gasteiger partial charge >= 0.3 is 0 Å². The Hall–Kier alpha value is -1.93. The van der Waals surface area contributed by atoms with Gasteiger partial charge in [-0.2, -0.15) is 0 Å². The Kier molecular flexibility index (Phi) is 4.04. The smallest absolute Gasteiger partial charge is 0.241 e. The van der Waals surface area contributed by atoms with Crippen LogP contribution in [0.15, 0.2) is 29.2 Å². The fourth-order valence-corrected chi connectivity index (χ4v) is 2.38. The van der Waals surface area contributed by atoms with Crippen LogP contribution in [0.3, 0.4) is 0 Å². The molecule has 0 unspecified atom stereocenters. The maximum Gasteiger partial charge on any atom is 0.241 e. The third-order valence-corrected chi connectivity index (χ3v) is 3.60. The van der Waals surface area contributed by atoms with Gasteiger partial charge in [-0.1, -0.05) is 12.1 Å². The normalized spacial score (nSPS) is 12.9. The highest BCUT2D eigenvalue weighted by molar-refractivity contribution is 7.89. The maximum absolute atomic E-state index is 11.7. The summed E-state index contributed by atoms with van der Waals surface area (Å²) >= 11 is 0. The zero-order valence-corrected chi connectivity index (χ0v) is 10.1. The zero-order valence-electron chi connectivity index (χ0n) is 9.24. The third kappa shape index (κ3) is 3.28. The van der Waals surface area contributed by atoms with Crippen LogP contribution in [0.2, 0.25) is 0 Å².